The van der Waals surface area contributed by atoms with Crippen LogP contribution in [0.15, 0.2) is 36.8 Å². The molecule has 0 bridgehead atoms. The normalized spacial score (nSPS) is 12.3. The van der Waals surface area contributed by atoms with Crippen molar-refractivity contribution in [2.24, 2.45) is 0 Å². The second-order valence-electron chi connectivity index (χ2n) is 4.82. The van der Waals surface area contributed by atoms with Crippen molar-refractivity contribution in [2.45, 2.75) is 6.18 Å². The number of halogens is 4. The maximum Gasteiger partial charge on any atom is 0.453 e. The van der Waals surface area contributed by atoms with Gasteiger partial charge in [0.25, 0.3) is 5.82 Å². The Bertz CT molecular complexity index is 735. The van der Waals surface area contributed by atoms with Crippen molar-refractivity contribution < 1.29 is 18.0 Å². The van der Waals surface area contributed by atoms with Crippen LogP contribution in [0.1, 0.15) is 16.2 Å². The van der Waals surface area contributed by atoms with E-state index in [-0.39, 0.29) is 11.3 Å². The van der Waals surface area contributed by atoms with Crippen LogP contribution in [0.4, 0.5) is 13.2 Å². The molecule has 0 radical (unpaired) electrons. The number of rotatable bonds is 4. The fraction of sp³-hybridized carbons (Fsp3) is 0.214. The summed E-state index contributed by atoms with van der Waals surface area (Å²) in [5.74, 6) is -1.82. The maximum absolute atomic E-state index is 12.6. The van der Waals surface area contributed by atoms with Crippen molar-refractivity contribution in [2.75, 3.05) is 14.1 Å². The Hall–Kier alpha value is -2.35. The van der Waals surface area contributed by atoms with E-state index in [2.05, 4.69) is 10.1 Å². The first-order valence-corrected chi connectivity index (χ1v) is 6.74. The Kier molecular flexibility index (Phi) is 4.74. The number of aromatic nitrogens is 3. The lowest BCUT2D eigenvalue weighted by Crippen LogP contribution is -2.16. The minimum absolute atomic E-state index is 0.0691. The number of carbonyl (C=O) groups is 1. The minimum atomic E-state index is -4.68. The van der Waals surface area contributed by atoms with Crippen LogP contribution < -0.4 is 0 Å². The lowest BCUT2D eigenvalue weighted by Gasteiger charge is -2.11. The zero-order valence-corrected chi connectivity index (χ0v) is 12.9. The van der Waals surface area contributed by atoms with E-state index in [0.717, 1.165) is 11.0 Å². The Morgan fingerprint density at radius 2 is 1.87 bits per heavy atom. The van der Waals surface area contributed by atoms with Crippen LogP contribution in [-0.2, 0) is 6.18 Å². The SMILES string of the molecule is CN(C)C=C(C(=O)c1ccc(Cl)cc1)n1cnc(C(F)(F)F)n1. The summed E-state index contributed by atoms with van der Waals surface area (Å²) in [5, 5.41) is 3.78. The van der Waals surface area contributed by atoms with E-state index in [9.17, 15) is 18.0 Å². The summed E-state index contributed by atoms with van der Waals surface area (Å²) in [6, 6.07) is 6.00. The van der Waals surface area contributed by atoms with Crippen molar-refractivity contribution in [3.63, 3.8) is 0 Å². The first-order valence-electron chi connectivity index (χ1n) is 6.36. The third-order valence-corrected chi connectivity index (χ3v) is 2.96. The third kappa shape index (κ3) is 4.10. The predicted molar refractivity (Wildman–Crippen MR) is 78.8 cm³/mol. The smallest absolute Gasteiger partial charge is 0.382 e. The molecule has 0 N–H and O–H groups in total. The highest BCUT2D eigenvalue weighted by Crippen LogP contribution is 2.26. The standard InChI is InChI=1S/C14H12ClF3N4O/c1-21(2)7-11(12(23)9-3-5-10(15)6-4-9)22-8-19-13(20-22)14(16,17)18/h3-8H,1-2H3. The van der Waals surface area contributed by atoms with E-state index in [1.54, 1.807) is 14.1 Å². The van der Waals surface area contributed by atoms with Crippen molar-refractivity contribution in [3.05, 3.63) is 53.2 Å². The van der Waals surface area contributed by atoms with Crippen LogP contribution >= 0.6 is 11.6 Å². The zero-order chi connectivity index (χ0) is 17.2. The van der Waals surface area contributed by atoms with Gasteiger partial charge in [0.05, 0.1) is 0 Å². The molecule has 122 valence electrons. The van der Waals surface area contributed by atoms with E-state index < -0.39 is 17.8 Å². The number of alkyl halides is 3. The molecule has 0 atom stereocenters. The summed E-state index contributed by atoms with van der Waals surface area (Å²) in [6.45, 7) is 0. The van der Waals surface area contributed by atoms with Crippen molar-refractivity contribution >= 4 is 23.1 Å². The van der Waals surface area contributed by atoms with Gasteiger partial charge in [-0.05, 0) is 24.3 Å². The number of benzene rings is 1. The molecule has 0 aliphatic rings. The van der Waals surface area contributed by atoms with E-state index in [1.807, 2.05) is 0 Å². The summed E-state index contributed by atoms with van der Waals surface area (Å²) >= 11 is 5.76. The summed E-state index contributed by atoms with van der Waals surface area (Å²) in [6.07, 6.45) is -2.46. The summed E-state index contributed by atoms with van der Waals surface area (Å²) < 4.78 is 38.7. The minimum Gasteiger partial charge on any atom is -0.382 e. The molecule has 0 unspecified atom stereocenters. The molecule has 1 aromatic heterocycles. The van der Waals surface area contributed by atoms with Gasteiger partial charge in [0, 0.05) is 30.9 Å². The topological polar surface area (TPSA) is 51.0 Å². The van der Waals surface area contributed by atoms with Crippen molar-refractivity contribution in [1.82, 2.24) is 19.7 Å². The fourth-order valence-electron chi connectivity index (χ4n) is 1.72. The largest absolute Gasteiger partial charge is 0.453 e. The van der Waals surface area contributed by atoms with E-state index in [1.165, 1.54) is 35.4 Å². The van der Waals surface area contributed by atoms with E-state index in [0.29, 0.717) is 5.02 Å². The Balaban J connectivity index is 2.44. The Morgan fingerprint density at radius 1 is 1.26 bits per heavy atom. The van der Waals surface area contributed by atoms with Gasteiger partial charge in [0.1, 0.15) is 12.0 Å². The molecule has 1 heterocycles. The number of carbonyl (C=O) groups excluding carboxylic acids is 1. The predicted octanol–water partition coefficient (Wildman–Crippen LogP) is 3.19. The first kappa shape index (κ1) is 17.0. The maximum atomic E-state index is 12.6. The lowest BCUT2D eigenvalue weighted by molar-refractivity contribution is -0.144. The quantitative estimate of drug-likeness (QED) is 0.631. The highest BCUT2D eigenvalue weighted by molar-refractivity contribution is 6.31. The molecule has 2 aromatic rings. The van der Waals surface area contributed by atoms with Crippen LogP contribution in [0.3, 0.4) is 0 Å². The highest BCUT2D eigenvalue weighted by atomic mass is 35.5. The molecular formula is C14H12ClF3N4O. The van der Waals surface area contributed by atoms with Gasteiger partial charge in [0.2, 0.25) is 5.78 Å². The number of ketones is 1. The number of Topliss-reactive ketones (excluding diaryl/α,β-unsaturated/α-hetero) is 1. The average molecular weight is 345 g/mol. The monoisotopic (exact) mass is 344 g/mol. The molecule has 0 spiro atoms. The Morgan fingerprint density at radius 3 is 2.35 bits per heavy atom. The van der Waals surface area contributed by atoms with Crippen molar-refractivity contribution in [1.29, 1.82) is 0 Å². The summed E-state index contributed by atoms with van der Waals surface area (Å²) in [7, 11) is 3.27. The highest BCUT2D eigenvalue weighted by Gasteiger charge is 2.36. The van der Waals surface area contributed by atoms with Crippen LogP contribution in [0.5, 0.6) is 0 Å². The molecule has 0 amide bonds. The molecule has 23 heavy (non-hydrogen) atoms. The molecule has 5 nitrogen and oxygen atoms in total. The van der Waals surface area contributed by atoms with Crippen LogP contribution in [-0.4, -0.2) is 39.5 Å². The lowest BCUT2D eigenvalue weighted by atomic mass is 10.1. The van der Waals surface area contributed by atoms with Gasteiger partial charge in [-0.15, -0.1) is 5.10 Å². The molecule has 0 saturated carbocycles. The van der Waals surface area contributed by atoms with Gasteiger partial charge in [-0.3, -0.25) is 4.79 Å². The van der Waals surface area contributed by atoms with Gasteiger partial charge in [-0.2, -0.15) is 13.2 Å². The van der Waals surface area contributed by atoms with Crippen LogP contribution in [0.2, 0.25) is 5.02 Å². The second-order valence-corrected chi connectivity index (χ2v) is 5.26. The van der Waals surface area contributed by atoms with Crippen LogP contribution in [0, 0.1) is 0 Å². The molecule has 0 aliphatic heterocycles. The third-order valence-electron chi connectivity index (χ3n) is 2.71. The molecule has 0 fully saturated rings. The molecular weight excluding hydrogens is 333 g/mol. The van der Waals surface area contributed by atoms with E-state index in [4.69, 9.17) is 11.6 Å². The Labute approximate surface area is 135 Å². The van der Waals surface area contributed by atoms with Gasteiger partial charge >= 0.3 is 6.18 Å². The summed E-state index contributed by atoms with van der Waals surface area (Å²) in [5.41, 5.74) is 0.201. The number of hydrogen-bond acceptors (Lipinski definition) is 4. The summed E-state index contributed by atoms with van der Waals surface area (Å²) in [4.78, 5) is 17.3. The number of allylic oxidation sites excluding steroid dienone is 1. The van der Waals surface area contributed by atoms with Gasteiger partial charge < -0.3 is 4.90 Å². The molecule has 2 rings (SSSR count). The van der Waals surface area contributed by atoms with Crippen LogP contribution in [0.25, 0.3) is 5.70 Å². The average Bonchev–Trinajstić information content (AvgIpc) is 2.94. The van der Waals surface area contributed by atoms with E-state index >= 15 is 0 Å². The number of hydrogen-bond donors (Lipinski definition) is 0. The van der Waals surface area contributed by atoms with Gasteiger partial charge in [-0.25, -0.2) is 9.67 Å². The zero-order valence-electron chi connectivity index (χ0n) is 12.2. The second kappa shape index (κ2) is 6.41. The first-order chi connectivity index (χ1) is 10.7. The van der Waals surface area contributed by atoms with Gasteiger partial charge in [0.15, 0.2) is 0 Å². The fourth-order valence-corrected chi connectivity index (χ4v) is 1.85. The molecule has 1 aromatic carbocycles. The molecule has 0 aliphatic carbocycles. The van der Waals surface area contributed by atoms with Gasteiger partial charge in [-0.1, -0.05) is 11.6 Å². The molecule has 9 heteroatoms. The van der Waals surface area contributed by atoms with Crippen molar-refractivity contribution in [3.8, 4) is 0 Å². The number of nitrogens with zero attached hydrogens (tertiary/aromatic N) is 4. The molecule has 0 saturated heterocycles.